The molecule has 19 heavy (non-hydrogen) atoms. The summed E-state index contributed by atoms with van der Waals surface area (Å²) in [5.74, 6) is -0.0638. The summed E-state index contributed by atoms with van der Waals surface area (Å²) in [6, 6.07) is 7.88. The largest absolute Gasteiger partial charge is 0.330 e. The van der Waals surface area contributed by atoms with Crippen LogP contribution in [0.2, 0.25) is 0 Å². The van der Waals surface area contributed by atoms with Gasteiger partial charge in [0.2, 0.25) is 0 Å². The Balaban J connectivity index is 2.25. The molecule has 1 amide bonds. The number of carbonyl (C=O) groups is 1. The number of H-pyrrole nitrogens is 1. The number of benzene rings is 1. The molecule has 5 nitrogen and oxygen atoms in total. The highest BCUT2D eigenvalue weighted by Crippen LogP contribution is 2.18. The molecule has 0 bridgehead atoms. The van der Waals surface area contributed by atoms with Crippen LogP contribution in [-0.4, -0.2) is 29.2 Å². The second-order valence-corrected chi connectivity index (χ2v) is 4.42. The summed E-state index contributed by atoms with van der Waals surface area (Å²) in [5.41, 5.74) is 8.14. The van der Waals surface area contributed by atoms with Crippen LogP contribution in [-0.2, 0) is 0 Å². The standard InChI is InChI=1S/C14H18N4O/c1-11-3-5-13(6-4-11)18(8-2-7-15)14(19)12-9-16-17-10-12/h3-6,9-10H,2,7-8,15H2,1H3,(H,16,17). The van der Waals surface area contributed by atoms with Crippen molar-refractivity contribution in [3.63, 3.8) is 0 Å². The molecule has 0 fully saturated rings. The molecule has 0 spiro atoms. The molecular formula is C14H18N4O. The Labute approximate surface area is 112 Å². The van der Waals surface area contributed by atoms with Gasteiger partial charge in [-0.2, -0.15) is 5.10 Å². The van der Waals surface area contributed by atoms with E-state index < -0.39 is 0 Å². The van der Waals surface area contributed by atoms with Gasteiger partial charge in [0.15, 0.2) is 0 Å². The van der Waals surface area contributed by atoms with E-state index in [1.807, 2.05) is 31.2 Å². The molecule has 0 saturated heterocycles. The van der Waals surface area contributed by atoms with Crippen molar-refractivity contribution in [3.8, 4) is 0 Å². The molecule has 5 heteroatoms. The Bertz CT molecular complexity index is 519. The number of nitrogens with zero attached hydrogens (tertiary/aromatic N) is 2. The van der Waals surface area contributed by atoms with Crippen molar-refractivity contribution in [1.82, 2.24) is 10.2 Å². The number of amides is 1. The fourth-order valence-corrected chi connectivity index (χ4v) is 1.85. The minimum Gasteiger partial charge on any atom is -0.330 e. The van der Waals surface area contributed by atoms with E-state index in [1.54, 1.807) is 11.1 Å². The van der Waals surface area contributed by atoms with Crippen molar-refractivity contribution in [1.29, 1.82) is 0 Å². The second-order valence-electron chi connectivity index (χ2n) is 4.42. The smallest absolute Gasteiger partial charge is 0.261 e. The summed E-state index contributed by atoms with van der Waals surface area (Å²) in [6.45, 7) is 3.18. The second kappa shape index (κ2) is 6.15. The molecule has 0 aliphatic heterocycles. The molecule has 1 aromatic heterocycles. The van der Waals surface area contributed by atoms with Gasteiger partial charge in [-0.05, 0) is 32.0 Å². The molecular weight excluding hydrogens is 240 g/mol. The van der Waals surface area contributed by atoms with Crippen molar-refractivity contribution in [2.45, 2.75) is 13.3 Å². The maximum absolute atomic E-state index is 12.4. The first kappa shape index (κ1) is 13.3. The lowest BCUT2D eigenvalue weighted by Crippen LogP contribution is -2.32. The molecule has 1 heterocycles. The Morgan fingerprint density at radius 3 is 2.68 bits per heavy atom. The number of aromatic nitrogens is 2. The Morgan fingerprint density at radius 1 is 1.37 bits per heavy atom. The quantitative estimate of drug-likeness (QED) is 0.857. The van der Waals surface area contributed by atoms with Crippen molar-refractivity contribution < 1.29 is 4.79 Å². The van der Waals surface area contributed by atoms with Crippen LogP contribution in [0.15, 0.2) is 36.7 Å². The molecule has 0 saturated carbocycles. The van der Waals surface area contributed by atoms with Gasteiger partial charge in [0.25, 0.3) is 5.91 Å². The van der Waals surface area contributed by atoms with E-state index in [-0.39, 0.29) is 5.91 Å². The Morgan fingerprint density at radius 2 is 2.11 bits per heavy atom. The van der Waals surface area contributed by atoms with Crippen LogP contribution in [0.4, 0.5) is 5.69 Å². The van der Waals surface area contributed by atoms with Gasteiger partial charge in [-0.25, -0.2) is 0 Å². The first-order valence-electron chi connectivity index (χ1n) is 6.30. The van der Waals surface area contributed by atoms with Crippen LogP contribution >= 0.6 is 0 Å². The molecule has 3 N–H and O–H groups in total. The fourth-order valence-electron chi connectivity index (χ4n) is 1.85. The van der Waals surface area contributed by atoms with Gasteiger partial charge in [0, 0.05) is 18.4 Å². The van der Waals surface area contributed by atoms with E-state index >= 15 is 0 Å². The Kier molecular flexibility index (Phi) is 4.30. The number of carbonyl (C=O) groups excluding carboxylic acids is 1. The van der Waals surface area contributed by atoms with Gasteiger partial charge in [-0.1, -0.05) is 17.7 Å². The third kappa shape index (κ3) is 3.20. The van der Waals surface area contributed by atoms with Crippen molar-refractivity contribution in [2.24, 2.45) is 5.73 Å². The van der Waals surface area contributed by atoms with Crippen molar-refractivity contribution in [3.05, 3.63) is 47.8 Å². The highest BCUT2D eigenvalue weighted by Gasteiger charge is 2.17. The predicted octanol–water partition coefficient (Wildman–Crippen LogP) is 1.71. The number of hydrogen-bond acceptors (Lipinski definition) is 3. The van der Waals surface area contributed by atoms with Crippen LogP contribution in [0.5, 0.6) is 0 Å². The summed E-state index contributed by atoms with van der Waals surface area (Å²) >= 11 is 0. The van der Waals surface area contributed by atoms with Crippen LogP contribution in [0.3, 0.4) is 0 Å². The van der Waals surface area contributed by atoms with Gasteiger partial charge in [-0.3, -0.25) is 9.89 Å². The molecule has 100 valence electrons. The minimum atomic E-state index is -0.0638. The van der Waals surface area contributed by atoms with E-state index in [0.717, 1.165) is 12.1 Å². The van der Waals surface area contributed by atoms with Crippen LogP contribution in [0, 0.1) is 6.92 Å². The molecule has 1 aromatic carbocycles. The van der Waals surface area contributed by atoms with Crippen LogP contribution < -0.4 is 10.6 Å². The minimum absolute atomic E-state index is 0.0638. The number of aromatic amines is 1. The fraction of sp³-hybridized carbons (Fsp3) is 0.286. The van der Waals surface area contributed by atoms with Gasteiger partial charge in [-0.15, -0.1) is 0 Å². The van der Waals surface area contributed by atoms with Gasteiger partial charge in [0.1, 0.15) is 0 Å². The van der Waals surface area contributed by atoms with E-state index in [9.17, 15) is 4.79 Å². The first-order chi connectivity index (χ1) is 9.22. The summed E-state index contributed by atoms with van der Waals surface area (Å²) in [4.78, 5) is 14.2. The number of hydrogen-bond donors (Lipinski definition) is 2. The first-order valence-corrected chi connectivity index (χ1v) is 6.30. The highest BCUT2D eigenvalue weighted by atomic mass is 16.2. The summed E-state index contributed by atoms with van der Waals surface area (Å²) in [7, 11) is 0. The Hall–Kier alpha value is -2.14. The molecule has 0 aliphatic carbocycles. The monoisotopic (exact) mass is 258 g/mol. The molecule has 0 aliphatic rings. The zero-order chi connectivity index (χ0) is 13.7. The van der Waals surface area contributed by atoms with E-state index in [0.29, 0.717) is 18.7 Å². The number of anilines is 1. The van der Waals surface area contributed by atoms with Gasteiger partial charge < -0.3 is 10.6 Å². The normalized spacial score (nSPS) is 10.4. The van der Waals surface area contributed by atoms with Gasteiger partial charge in [0.05, 0.1) is 11.8 Å². The third-order valence-corrected chi connectivity index (χ3v) is 2.92. The zero-order valence-electron chi connectivity index (χ0n) is 11.0. The lowest BCUT2D eigenvalue weighted by molar-refractivity contribution is 0.0987. The van der Waals surface area contributed by atoms with Crippen molar-refractivity contribution >= 4 is 11.6 Å². The molecule has 0 radical (unpaired) electrons. The number of aryl methyl sites for hydroxylation is 1. The van der Waals surface area contributed by atoms with Crippen molar-refractivity contribution in [2.75, 3.05) is 18.0 Å². The summed E-state index contributed by atoms with van der Waals surface area (Å²) in [5, 5.41) is 6.48. The summed E-state index contributed by atoms with van der Waals surface area (Å²) in [6.07, 6.45) is 3.90. The SMILES string of the molecule is Cc1ccc(N(CCCN)C(=O)c2cn[nH]c2)cc1. The predicted molar refractivity (Wildman–Crippen MR) is 75.1 cm³/mol. The topological polar surface area (TPSA) is 75.0 Å². The molecule has 2 aromatic rings. The number of nitrogens with two attached hydrogens (primary N) is 1. The third-order valence-electron chi connectivity index (χ3n) is 2.92. The maximum Gasteiger partial charge on any atom is 0.261 e. The number of rotatable bonds is 5. The molecule has 0 unspecified atom stereocenters. The van der Waals surface area contributed by atoms with Crippen LogP contribution in [0.25, 0.3) is 0 Å². The van der Waals surface area contributed by atoms with Gasteiger partial charge >= 0.3 is 0 Å². The average Bonchev–Trinajstić information content (AvgIpc) is 2.95. The summed E-state index contributed by atoms with van der Waals surface area (Å²) < 4.78 is 0. The zero-order valence-corrected chi connectivity index (χ0v) is 11.0. The number of nitrogens with one attached hydrogen (secondary N) is 1. The maximum atomic E-state index is 12.4. The van der Waals surface area contributed by atoms with E-state index in [4.69, 9.17) is 5.73 Å². The van der Waals surface area contributed by atoms with E-state index in [1.165, 1.54) is 11.8 Å². The molecule has 2 rings (SSSR count). The van der Waals surface area contributed by atoms with Crippen LogP contribution in [0.1, 0.15) is 22.3 Å². The molecule has 0 atom stereocenters. The van der Waals surface area contributed by atoms with E-state index in [2.05, 4.69) is 10.2 Å². The lowest BCUT2D eigenvalue weighted by Gasteiger charge is -2.22. The highest BCUT2D eigenvalue weighted by molar-refractivity contribution is 6.05. The average molecular weight is 258 g/mol. The lowest BCUT2D eigenvalue weighted by atomic mass is 10.2.